The zero-order valence-electron chi connectivity index (χ0n) is 22.3. The Morgan fingerprint density at radius 1 is 0.857 bits per heavy atom. The van der Waals surface area contributed by atoms with E-state index in [-0.39, 0.29) is 15.1 Å². The molecule has 2 heteroatoms. The van der Waals surface area contributed by atoms with Gasteiger partial charge in [0.05, 0.1) is 10.3 Å². The van der Waals surface area contributed by atoms with Crippen LogP contribution >= 0.6 is 10.0 Å². The molecule has 0 N–H and O–H groups in total. The smallest absolute Gasteiger partial charge is 0.0598 e. The first-order valence-electron chi connectivity index (χ1n) is 13.7. The van der Waals surface area contributed by atoms with Gasteiger partial charge in [-0.05, 0) is 93.1 Å². The number of rotatable bonds is 7. The second kappa shape index (κ2) is 8.12. The molecule has 1 aliphatic heterocycles. The molecule has 2 aromatic rings. The van der Waals surface area contributed by atoms with Crippen LogP contribution < -0.4 is 0 Å². The summed E-state index contributed by atoms with van der Waals surface area (Å²) < 4.78 is 6.35. The van der Waals surface area contributed by atoms with Crippen molar-refractivity contribution in [3.63, 3.8) is 0 Å². The fourth-order valence-corrected chi connectivity index (χ4v) is 12.7. The van der Waals surface area contributed by atoms with Gasteiger partial charge < -0.3 is 4.74 Å². The van der Waals surface area contributed by atoms with E-state index in [4.69, 9.17) is 4.74 Å². The average Bonchev–Trinajstić information content (AvgIpc) is 3.35. The summed E-state index contributed by atoms with van der Waals surface area (Å²) in [7, 11) is -1.02. The molecule has 2 spiro atoms. The lowest BCUT2D eigenvalue weighted by Gasteiger charge is -2.55. The number of ether oxygens (including phenoxy) is 1. The van der Waals surface area contributed by atoms with Crippen LogP contribution in [-0.2, 0) is 9.48 Å². The van der Waals surface area contributed by atoms with Crippen LogP contribution in [0.1, 0.15) is 70.4 Å². The second-order valence-electron chi connectivity index (χ2n) is 12.6. The molecule has 3 aliphatic carbocycles. The average molecular weight is 487 g/mol. The van der Waals surface area contributed by atoms with Crippen LogP contribution in [0, 0.1) is 11.8 Å². The van der Waals surface area contributed by atoms with Gasteiger partial charge in [-0.1, -0.05) is 85.2 Å². The predicted octanol–water partition coefficient (Wildman–Crippen LogP) is 8.63. The fraction of sp³-hybridized carbons (Fsp3) is 0.515. The van der Waals surface area contributed by atoms with E-state index in [1.807, 2.05) is 0 Å². The van der Waals surface area contributed by atoms with E-state index < -0.39 is 10.0 Å². The third kappa shape index (κ3) is 3.32. The maximum absolute atomic E-state index is 5.89. The molecule has 0 radical (unpaired) electrons. The van der Waals surface area contributed by atoms with Gasteiger partial charge in [-0.3, -0.25) is 0 Å². The molecule has 1 heterocycles. The Kier molecular flexibility index (Phi) is 5.48. The summed E-state index contributed by atoms with van der Waals surface area (Å²) in [6.07, 6.45) is 20.9. The Bertz CT molecular complexity index is 1150. The molecular formula is C33H42OS. The van der Waals surface area contributed by atoms with Crippen molar-refractivity contribution >= 4 is 10.0 Å². The van der Waals surface area contributed by atoms with E-state index >= 15 is 0 Å². The van der Waals surface area contributed by atoms with Crippen LogP contribution in [0.25, 0.3) is 11.1 Å². The van der Waals surface area contributed by atoms with E-state index in [0.717, 1.165) is 18.4 Å². The minimum Gasteiger partial charge on any atom is -0.376 e. The van der Waals surface area contributed by atoms with E-state index in [0.29, 0.717) is 0 Å². The monoisotopic (exact) mass is 486 g/mol. The van der Waals surface area contributed by atoms with Gasteiger partial charge in [0, 0.05) is 11.4 Å². The van der Waals surface area contributed by atoms with E-state index in [9.17, 15) is 0 Å². The highest BCUT2D eigenvalue weighted by atomic mass is 32.3. The molecule has 6 rings (SSSR count). The van der Waals surface area contributed by atoms with Gasteiger partial charge in [0.25, 0.3) is 0 Å². The highest BCUT2D eigenvalue weighted by Crippen LogP contribution is 2.90. The minimum atomic E-state index is -1.02. The zero-order chi connectivity index (χ0) is 24.5. The molecule has 1 saturated heterocycles. The molecule has 0 aromatic heterocycles. The first kappa shape index (κ1) is 23.6. The first-order valence-corrected chi connectivity index (χ1v) is 16.1. The number of allylic oxidation sites excluding steroid dienone is 2. The first-order chi connectivity index (χ1) is 16.7. The van der Waals surface area contributed by atoms with Crippen LogP contribution in [0.5, 0.6) is 0 Å². The molecule has 3 atom stereocenters. The molecule has 35 heavy (non-hydrogen) atoms. The number of hydrogen-bond acceptors (Lipinski definition) is 1. The normalized spacial score (nSPS) is 29.2. The third-order valence-electron chi connectivity index (χ3n) is 9.39. The van der Waals surface area contributed by atoms with Crippen LogP contribution in [0.15, 0.2) is 72.3 Å². The summed E-state index contributed by atoms with van der Waals surface area (Å²) in [6.45, 7) is 7.32. The Morgan fingerprint density at radius 3 is 2.14 bits per heavy atom. The van der Waals surface area contributed by atoms with Crippen molar-refractivity contribution < 1.29 is 4.74 Å². The summed E-state index contributed by atoms with van der Waals surface area (Å²) in [6, 6.07) is 18.7. The molecule has 2 unspecified atom stereocenters. The van der Waals surface area contributed by atoms with Crippen molar-refractivity contribution in [1.29, 1.82) is 0 Å². The molecule has 1 nitrogen and oxygen atoms in total. The molecule has 2 fully saturated rings. The molecule has 186 valence electrons. The van der Waals surface area contributed by atoms with Crippen molar-refractivity contribution in [2.75, 3.05) is 19.1 Å². The van der Waals surface area contributed by atoms with Crippen molar-refractivity contribution in [3.8, 4) is 11.1 Å². The largest absolute Gasteiger partial charge is 0.376 e. The second-order valence-corrected chi connectivity index (χ2v) is 16.6. The van der Waals surface area contributed by atoms with Crippen molar-refractivity contribution in [3.05, 3.63) is 83.5 Å². The van der Waals surface area contributed by atoms with Gasteiger partial charge in [0.15, 0.2) is 0 Å². The lowest BCUT2D eigenvalue weighted by molar-refractivity contribution is -0.00473. The minimum absolute atomic E-state index is 0.0113. The highest BCUT2D eigenvalue weighted by Gasteiger charge is 2.77. The van der Waals surface area contributed by atoms with E-state index in [1.165, 1.54) is 49.7 Å². The predicted molar refractivity (Wildman–Crippen MR) is 152 cm³/mol. The maximum Gasteiger partial charge on any atom is 0.0598 e. The number of benzene rings is 2. The quantitative estimate of drug-likeness (QED) is 0.356. The standard InChI is InChI=1S/C33H42OS/c1-31(2,3)34-21-13-7-6-8-14-24-19-20-32(23-24)29-22-30(29)33(35(32,4)5)27-17-11-9-15-25(27)26-16-10-12-18-28(26)33/h9-12,15-20,23,29-30H,6-8,13-14,21-22H2,1-5H3/t29-,30?,32?/m1/s1. The van der Waals surface area contributed by atoms with Gasteiger partial charge >= 0.3 is 0 Å². The molecular weight excluding hydrogens is 444 g/mol. The summed E-state index contributed by atoms with van der Waals surface area (Å²) in [4.78, 5) is 0. The summed E-state index contributed by atoms with van der Waals surface area (Å²) in [5.74, 6) is 1.58. The van der Waals surface area contributed by atoms with Gasteiger partial charge in [0.2, 0.25) is 0 Å². The highest BCUT2D eigenvalue weighted by molar-refractivity contribution is 8.35. The lowest BCUT2D eigenvalue weighted by Crippen LogP contribution is -2.39. The molecule has 0 bridgehead atoms. The Hall–Kier alpha value is -1.77. The van der Waals surface area contributed by atoms with E-state index in [1.54, 1.807) is 16.7 Å². The molecule has 4 aliphatic rings. The SMILES string of the molecule is CC(C)(C)OCCCCCCC1=CC2(C=C1)[C@@H]1CC1C1(c3ccccc3-c3ccccc31)S2(C)C. The lowest BCUT2D eigenvalue weighted by atomic mass is 9.88. The van der Waals surface area contributed by atoms with Crippen LogP contribution in [-0.4, -0.2) is 29.5 Å². The third-order valence-corrected chi connectivity index (χ3v) is 14.1. The Balaban J connectivity index is 1.23. The Labute approximate surface area is 214 Å². The van der Waals surface area contributed by atoms with Crippen molar-refractivity contribution in [2.24, 2.45) is 11.8 Å². The summed E-state index contributed by atoms with van der Waals surface area (Å²) in [5, 5.41) is 0. The topological polar surface area (TPSA) is 9.23 Å². The Morgan fingerprint density at radius 2 is 1.49 bits per heavy atom. The summed E-state index contributed by atoms with van der Waals surface area (Å²) >= 11 is 0. The molecule has 2 aromatic carbocycles. The molecule has 1 saturated carbocycles. The van der Waals surface area contributed by atoms with Gasteiger partial charge in [0.1, 0.15) is 0 Å². The van der Waals surface area contributed by atoms with Crippen molar-refractivity contribution in [2.45, 2.75) is 74.4 Å². The zero-order valence-corrected chi connectivity index (χ0v) is 23.1. The number of hydrogen-bond donors (Lipinski definition) is 0. The fourth-order valence-electron chi connectivity index (χ4n) is 7.85. The van der Waals surface area contributed by atoms with Crippen molar-refractivity contribution in [1.82, 2.24) is 0 Å². The van der Waals surface area contributed by atoms with Gasteiger partial charge in [-0.25, -0.2) is 10.0 Å². The number of unbranched alkanes of at least 4 members (excludes halogenated alkanes) is 3. The van der Waals surface area contributed by atoms with Gasteiger partial charge in [-0.2, -0.15) is 0 Å². The van der Waals surface area contributed by atoms with Crippen LogP contribution in [0.3, 0.4) is 0 Å². The summed E-state index contributed by atoms with van der Waals surface area (Å²) in [5.41, 5.74) is 7.82. The van der Waals surface area contributed by atoms with Gasteiger partial charge in [-0.15, -0.1) is 0 Å². The van der Waals surface area contributed by atoms with E-state index in [2.05, 4.69) is 100 Å². The number of fused-ring (bicyclic) bond motifs is 8. The maximum atomic E-state index is 5.89. The van der Waals surface area contributed by atoms with Crippen LogP contribution in [0.2, 0.25) is 0 Å². The molecule has 0 amide bonds. The van der Waals surface area contributed by atoms with Crippen LogP contribution in [0.4, 0.5) is 0 Å².